The van der Waals surface area contributed by atoms with E-state index in [1.54, 1.807) is 0 Å². The molecule has 3 rings (SSSR count). The number of rotatable bonds is 6. The van der Waals surface area contributed by atoms with Crippen molar-refractivity contribution in [3.63, 3.8) is 0 Å². The Balaban J connectivity index is 0.00000136. The Morgan fingerprint density at radius 1 is 0.750 bits per heavy atom. The van der Waals surface area contributed by atoms with Gasteiger partial charge in [-0.3, -0.25) is 9.59 Å². The van der Waals surface area contributed by atoms with Gasteiger partial charge in [-0.15, -0.1) is 0 Å². The molecular formula is C23H31N3O2. The van der Waals surface area contributed by atoms with Crippen LogP contribution in [0.25, 0.3) is 0 Å². The van der Waals surface area contributed by atoms with Gasteiger partial charge in [-0.05, 0) is 48.5 Å². The van der Waals surface area contributed by atoms with Gasteiger partial charge in [-0.25, -0.2) is 0 Å². The number of carbonyl (C=O) groups is 2. The number of anilines is 2. The van der Waals surface area contributed by atoms with Crippen molar-refractivity contribution >= 4 is 22.9 Å². The second-order valence-electron chi connectivity index (χ2n) is 6.47. The van der Waals surface area contributed by atoms with Crippen molar-refractivity contribution in [3.05, 3.63) is 59.7 Å². The summed E-state index contributed by atoms with van der Waals surface area (Å²) in [5.41, 5.74) is 9.13. The van der Waals surface area contributed by atoms with Crippen LogP contribution in [0, 0.1) is 0 Å². The summed E-state index contributed by atoms with van der Waals surface area (Å²) in [7, 11) is 0. The first kappa shape index (κ1) is 21.6. The summed E-state index contributed by atoms with van der Waals surface area (Å²) >= 11 is 0. The van der Waals surface area contributed by atoms with E-state index in [9.17, 15) is 9.59 Å². The lowest BCUT2D eigenvalue weighted by Crippen LogP contribution is -2.46. The maximum Gasteiger partial charge on any atom is 0.176 e. The lowest BCUT2D eigenvalue weighted by atomic mass is 10.1. The maximum atomic E-state index is 11.7. The predicted molar refractivity (Wildman–Crippen MR) is 117 cm³/mol. The fraction of sp³-hybridized carbons (Fsp3) is 0.391. The van der Waals surface area contributed by atoms with Crippen LogP contribution in [0.15, 0.2) is 48.5 Å². The average molecular weight is 382 g/mol. The molecule has 0 bridgehead atoms. The molecule has 0 saturated carbocycles. The van der Waals surface area contributed by atoms with E-state index in [0.29, 0.717) is 12.0 Å². The second-order valence-corrected chi connectivity index (χ2v) is 6.47. The molecular weight excluding hydrogens is 350 g/mol. The first-order valence-corrected chi connectivity index (χ1v) is 10.1. The number of ketones is 2. The van der Waals surface area contributed by atoms with Crippen LogP contribution in [-0.2, 0) is 0 Å². The molecule has 0 spiro atoms. The van der Waals surface area contributed by atoms with E-state index in [1.807, 2.05) is 69.3 Å². The van der Waals surface area contributed by atoms with Crippen molar-refractivity contribution in [3.8, 4) is 0 Å². The zero-order valence-corrected chi connectivity index (χ0v) is 17.1. The molecule has 1 aliphatic rings. The summed E-state index contributed by atoms with van der Waals surface area (Å²) in [5, 5.41) is 0. The summed E-state index contributed by atoms with van der Waals surface area (Å²) in [6.45, 7) is 9.60. The Morgan fingerprint density at radius 2 is 1.11 bits per heavy atom. The third kappa shape index (κ3) is 5.20. The van der Waals surface area contributed by atoms with Crippen molar-refractivity contribution in [2.75, 3.05) is 42.5 Å². The molecule has 1 heterocycles. The highest BCUT2D eigenvalue weighted by Crippen LogP contribution is 2.22. The molecule has 0 radical (unpaired) electrons. The van der Waals surface area contributed by atoms with Gasteiger partial charge in [-0.2, -0.15) is 0 Å². The van der Waals surface area contributed by atoms with Gasteiger partial charge in [0, 0.05) is 55.1 Å². The number of Topliss-reactive ketones (excluding diaryl/α,β-unsaturated/α-hetero) is 2. The van der Waals surface area contributed by atoms with Crippen molar-refractivity contribution in [2.24, 2.45) is 5.73 Å². The van der Waals surface area contributed by atoms with Crippen LogP contribution in [0.3, 0.4) is 0 Å². The summed E-state index contributed by atoms with van der Waals surface area (Å²) in [6.07, 6.45) is 0.535. The molecule has 0 atom stereocenters. The lowest BCUT2D eigenvalue weighted by molar-refractivity contribution is 0.0984. The molecule has 2 aromatic carbocycles. The van der Waals surface area contributed by atoms with E-state index in [1.165, 1.54) is 0 Å². The molecule has 150 valence electrons. The molecule has 2 N–H and O–H groups in total. The van der Waals surface area contributed by atoms with E-state index in [4.69, 9.17) is 5.73 Å². The second kappa shape index (κ2) is 10.6. The molecule has 1 saturated heterocycles. The van der Waals surface area contributed by atoms with Crippen molar-refractivity contribution in [1.29, 1.82) is 0 Å². The van der Waals surface area contributed by atoms with Gasteiger partial charge < -0.3 is 15.5 Å². The zero-order valence-electron chi connectivity index (χ0n) is 17.1. The Bertz CT molecular complexity index is 694. The van der Waals surface area contributed by atoms with Gasteiger partial charge in [0.25, 0.3) is 0 Å². The Labute approximate surface area is 168 Å². The molecule has 28 heavy (non-hydrogen) atoms. The summed E-state index contributed by atoms with van der Waals surface area (Å²) in [4.78, 5) is 28.0. The number of hydrogen-bond acceptors (Lipinski definition) is 5. The zero-order chi connectivity index (χ0) is 20.5. The first-order chi connectivity index (χ1) is 13.6. The molecule has 1 fully saturated rings. The van der Waals surface area contributed by atoms with Crippen LogP contribution < -0.4 is 15.5 Å². The van der Waals surface area contributed by atoms with E-state index in [-0.39, 0.29) is 18.1 Å². The minimum absolute atomic E-state index is 0.0358. The average Bonchev–Trinajstić information content (AvgIpc) is 2.79. The summed E-state index contributed by atoms with van der Waals surface area (Å²) < 4.78 is 0. The number of carbonyl (C=O) groups excluding carboxylic acids is 2. The first-order valence-electron chi connectivity index (χ1n) is 10.1. The molecule has 2 aromatic rings. The van der Waals surface area contributed by atoms with Crippen LogP contribution in [0.4, 0.5) is 11.4 Å². The highest BCUT2D eigenvalue weighted by atomic mass is 16.1. The Hall–Kier alpha value is -2.66. The molecule has 1 aliphatic heterocycles. The number of hydrogen-bond donors (Lipinski definition) is 1. The van der Waals surface area contributed by atoms with Gasteiger partial charge in [0.05, 0.1) is 6.54 Å². The van der Waals surface area contributed by atoms with Gasteiger partial charge in [0.2, 0.25) is 0 Å². The number of benzene rings is 2. The van der Waals surface area contributed by atoms with E-state index >= 15 is 0 Å². The third-order valence-corrected chi connectivity index (χ3v) is 4.90. The molecule has 0 unspecified atom stereocenters. The van der Waals surface area contributed by atoms with Gasteiger partial charge in [-0.1, -0.05) is 20.8 Å². The normalized spacial score (nSPS) is 13.6. The van der Waals surface area contributed by atoms with Crippen LogP contribution in [0.2, 0.25) is 0 Å². The molecule has 0 amide bonds. The van der Waals surface area contributed by atoms with Crippen molar-refractivity contribution < 1.29 is 9.59 Å². The van der Waals surface area contributed by atoms with Crippen molar-refractivity contribution in [2.45, 2.75) is 27.2 Å². The Morgan fingerprint density at radius 3 is 1.43 bits per heavy atom. The monoisotopic (exact) mass is 381 g/mol. The summed E-state index contributed by atoms with van der Waals surface area (Å²) in [5.74, 6) is 0.143. The van der Waals surface area contributed by atoms with Crippen molar-refractivity contribution in [1.82, 2.24) is 0 Å². The SMILES string of the molecule is CC.CCC(=O)c1ccc(N2CCN(c3ccc(C(=O)CN)cc3)CC2)cc1. The van der Waals surface area contributed by atoms with Gasteiger partial charge >= 0.3 is 0 Å². The fourth-order valence-electron chi connectivity index (χ4n) is 3.26. The molecule has 0 aliphatic carbocycles. The topological polar surface area (TPSA) is 66.6 Å². The lowest BCUT2D eigenvalue weighted by Gasteiger charge is -2.37. The molecule has 5 heteroatoms. The van der Waals surface area contributed by atoms with Crippen LogP contribution in [0.5, 0.6) is 0 Å². The molecule has 0 aromatic heterocycles. The van der Waals surface area contributed by atoms with Gasteiger partial charge in [0.1, 0.15) is 0 Å². The van der Waals surface area contributed by atoms with E-state index in [0.717, 1.165) is 43.1 Å². The number of nitrogens with zero attached hydrogens (tertiary/aromatic N) is 2. The quantitative estimate of drug-likeness (QED) is 0.772. The number of nitrogens with two attached hydrogens (primary N) is 1. The third-order valence-electron chi connectivity index (χ3n) is 4.90. The highest BCUT2D eigenvalue weighted by Gasteiger charge is 2.18. The Kier molecular flexibility index (Phi) is 8.20. The predicted octanol–water partition coefficient (Wildman–Crippen LogP) is 3.77. The summed E-state index contributed by atoms with van der Waals surface area (Å²) in [6, 6.07) is 15.6. The maximum absolute atomic E-state index is 11.7. The smallest absolute Gasteiger partial charge is 0.176 e. The minimum atomic E-state index is -0.0358. The fourth-order valence-corrected chi connectivity index (χ4v) is 3.26. The highest BCUT2D eigenvalue weighted by molar-refractivity contribution is 5.97. The van der Waals surface area contributed by atoms with Crippen LogP contribution in [-0.4, -0.2) is 44.3 Å². The largest absolute Gasteiger partial charge is 0.368 e. The van der Waals surface area contributed by atoms with Gasteiger partial charge in [0.15, 0.2) is 11.6 Å². The van der Waals surface area contributed by atoms with Crippen LogP contribution in [0.1, 0.15) is 47.9 Å². The van der Waals surface area contributed by atoms with Crippen LogP contribution >= 0.6 is 0 Å². The minimum Gasteiger partial charge on any atom is -0.368 e. The van der Waals surface area contributed by atoms with E-state index < -0.39 is 0 Å². The standard InChI is InChI=1S/C21H25N3O2.C2H6/c1-2-20(25)16-3-7-18(8-4-16)23-11-13-24(14-12-23)19-9-5-17(6-10-19)21(26)15-22;1-2/h3-10H,2,11-15,22H2,1H3;1-2H3. The molecule has 5 nitrogen and oxygen atoms in total. The number of piperazine rings is 1. The van der Waals surface area contributed by atoms with E-state index in [2.05, 4.69) is 9.80 Å².